The first kappa shape index (κ1) is 15.2. The molecule has 118 valence electrons. The molecule has 0 atom stereocenters. The number of aromatic nitrogens is 1. The van der Waals surface area contributed by atoms with E-state index in [1.54, 1.807) is 11.3 Å². The lowest BCUT2D eigenvalue weighted by Crippen LogP contribution is -2.50. The van der Waals surface area contributed by atoms with Crippen LogP contribution in [-0.2, 0) is 6.42 Å². The number of hydrogen-bond acceptors (Lipinski definition) is 4. The summed E-state index contributed by atoms with van der Waals surface area (Å²) in [5, 5.41) is 16.6. The molecule has 3 rings (SSSR count). The molecule has 0 saturated heterocycles. The number of rotatable bonds is 6. The summed E-state index contributed by atoms with van der Waals surface area (Å²) in [5.41, 5.74) is 0.375. The normalized spacial score (nSPS) is 16.2. The number of para-hydroxylation sites is 1. The van der Waals surface area contributed by atoms with Gasteiger partial charge in [-0.05, 0) is 37.8 Å². The van der Waals surface area contributed by atoms with E-state index >= 15 is 0 Å². The van der Waals surface area contributed by atoms with Crippen molar-refractivity contribution in [3.8, 4) is 0 Å². The fraction of sp³-hybridized carbons (Fsp3) is 0.500. The maximum atomic E-state index is 11.6. The first-order chi connectivity index (χ1) is 10.6. The van der Waals surface area contributed by atoms with E-state index < -0.39 is 5.60 Å². The van der Waals surface area contributed by atoms with Crippen LogP contribution in [0, 0.1) is 0 Å². The van der Waals surface area contributed by atoms with Crippen molar-refractivity contribution in [3.05, 3.63) is 29.3 Å². The van der Waals surface area contributed by atoms with E-state index in [9.17, 15) is 9.90 Å². The van der Waals surface area contributed by atoms with Gasteiger partial charge in [0.25, 0.3) is 0 Å². The number of aryl methyl sites for hydroxylation is 1. The minimum absolute atomic E-state index is 0.204. The Morgan fingerprint density at radius 3 is 2.86 bits per heavy atom. The van der Waals surface area contributed by atoms with Crippen molar-refractivity contribution in [2.75, 3.05) is 13.1 Å². The van der Waals surface area contributed by atoms with Gasteiger partial charge in [-0.15, -0.1) is 11.3 Å². The summed E-state index contributed by atoms with van der Waals surface area (Å²) < 4.78 is 1.21. The summed E-state index contributed by atoms with van der Waals surface area (Å²) in [4.78, 5) is 16.2. The van der Waals surface area contributed by atoms with Crippen LogP contribution < -0.4 is 10.6 Å². The van der Waals surface area contributed by atoms with Gasteiger partial charge < -0.3 is 15.7 Å². The van der Waals surface area contributed by atoms with E-state index in [-0.39, 0.29) is 6.03 Å². The molecule has 1 aromatic carbocycles. The third-order valence-electron chi connectivity index (χ3n) is 4.05. The Bertz CT molecular complexity index is 619. The third kappa shape index (κ3) is 3.75. The van der Waals surface area contributed by atoms with Gasteiger partial charge in [0.05, 0.1) is 20.8 Å². The van der Waals surface area contributed by atoms with Crippen molar-refractivity contribution in [2.45, 2.75) is 37.7 Å². The van der Waals surface area contributed by atoms with Gasteiger partial charge in [0.15, 0.2) is 0 Å². The number of benzene rings is 1. The lowest BCUT2D eigenvalue weighted by atomic mass is 9.80. The Kier molecular flexibility index (Phi) is 4.59. The Hall–Kier alpha value is -1.66. The van der Waals surface area contributed by atoms with Crippen LogP contribution in [0.15, 0.2) is 24.3 Å². The van der Waals surface area contributed by atoms with Crippen LogP contribution in [0.3, 0.4) is 0 Å². The molecule has 0 spiro atoms. The molecule has 1 aliphatic rings. The van der Waals surface area contributed by atoms with Gasteiger partial charge in [0.1, 0.15) is 0 Å². The van der Waals surface area contributed by atoms with Gasteiger partial charge >= 0.3 is 6.03 Å². The molecule has 0 bridgehead atoms. The number of carbonyl (C=O) groups excluding carboxylic acids is 1. The zero-order chi connectivity index (χ0) is 15.4. The predicted molar refractivity (Wildman–Crippen MR) is 88.1 cm³/mol. The monoisotopic (exact) mass is 319 g/mol. The number of hydrogen-bond donors (Lipinski definition) is 3. The summed E-state index contributed by atoms with van der Waals surface area (Å²) in [5.74, 6) is 0. The van der Waals surface area contributed by atoms with Crippen molar-refractivity contribution in [3.63, 3.8) is 0 Å². The van der Waals surface area contributed by atoms with Crippen molar-refractivity contribution >= 4 is 27.6 Å². The number of amides is 2. The van der Waals surface area contributed by atoms with Crippen LogP contribution in [0.4, 0.5) is 4.79 Å². The van der Waals surface area contributed by atoms with E-state index in [1.165, 1.54) is 4.70 Å². The quantitative estimate of drug-likeness (QED) is 0.716. The van der Waals surface area contributed by atoms with Crippen molar-refractivity contribution in [1.29, 1.82) is 0 Å². The molecule has 0 unspecified atom stereocenters. The van der Waals surface area contributed by atoms with E-state index in [4.69, 9.17) is 0 Å². The molecule has 3 N–H and O–H groups in total. The standard InChI is InChI=1S/C16H21N3O2S/c20-15(18-11-16(21)8-4-9-16)17-10-3-7-14-19-12-5-1-2-6-13(12)22-14/h1-2,5-6,21H,3-4,7-11H2,(H2,17,18,20). The van der Waals surface area contributed by atoms with Gasteiger partial charge in [-0.1, -0.05) is 12.1 Å². The second-order valence-corrected chi connectivity index (χ2v) is 6.98. The minimum Gasteiger partial charge on any atom is -0.388 e. The summed E-state index contributed by atoms with van der Waals surface area (Å²) in [6.45, 7) is 0.955. The third-order valence-corrected chi connectivity index (χ3v) is 5.15. The zero-order valence-electron chi connectivity index (χ0n) is 12.5. The number of urea groups is 1. The average molecular weight is 319 g/mol. The molecule has 1 heterocycles. The van der Waals surface area contributed by atoms with Crippen LogP contribution in [0.5, 0.6) is 0 Å². The molecular weight excluding hydrogens is 298 g/mol. The molecule has 0 radical (unpaired) electrons. The molecule has 0 aliphatic heterocycles. The van der Waals surface area contributed by atoms with Crippen molar-refractivity contribution in [1.82, 2.24) is 15.6 Å². The molecule has 1 saturated carbocycles. The van der Waals surface area contributed by atoms with E-state index in [0.29, 0.717) is 13.1 Å². The number of fused-ring (bicyclic) bond motifs is 1. The number of carbonyl (C=O) groups is 1. The number of nitrogens with one attached hydrogen (secondary N) is 2. The molecule has 5 nitrogen and oxygen atoms in total. The van der Waals surface area contributed by atoms with Gasteiger partial charge in [-0.25, -0.2) is 9.78 Å². The minimum atomic E-state index is -0.668. The Balaban J connectivity index is 1.35. The van der Waals surface area contributed by atoms with Crippen LogP contribution in [0.25, 0.3) is 10.2 Å². The van der Waals surface area contributed by atoms with Crippen LogP contribution in [-0.4, -0.2) is 34.8 Å². The molecule has 22 heavy (non-hydrogen) atoms. The smallest absolute Gasteiger partial charge is 0.314 e. The highest BCUT2D eigenvalue weighted by Crippen LogP contribution is 2.30. The van der Waals surface area contributed by atoms with Gasteiger partial charge in [-0.2, -0.15) is 0 Å². The zero-order valence-corrected chi connectivity index (χ0v) is 13.3. The molecule has 1 fully saturated rings. The second-order valence-electron chi connectivity index (χ2n) is 5.87. The van der Waals surface area contributed by atoms with Crippen LogP contribution >= 0.6 is 11.3 Å². The van der Waals surface area contributed by atoms with Crippen LogP contribution in [0.1, 0.15) is 30.7 Å². The Labute approximate surface area is 133 Å². The lowest BCUT2D eigenvalue weighted by molar-refractivity contribution is -0.0290. The first-order valence-corrected chi connectivity index (χ1v) is 8.55. The van der Waals surface area contributed by atoms with Crippen LogP contribution in [0.2, 0.25) is 0 Å². The highest BCUT2D eigenvalue weighted by Gasteiger charge is 2.34. The summed E-state index contributed by atoms with van der Waals surface area (Å²) in [7, 11) is 0. The number of thiazole rings is 1. The van der Waals surface area contributed by atoms with Gasteiger partial charge in [0.2, 0.25) is 0 Å². The second kappa shape index (κ2) is 6.62. The summed E-state index contributed by atoms with van der Waals surface area (Å²) in [6.07, 6.45) is 4.33. The van der Waals surface area contributed by atoms with E-state index in [1.807, 2.05) is 18.2 Å². The molecular formula is C16H21N3O2S. The number of aliphatic hydroxyl groups is 1. The molecule has 6 heteroatoms. The number of nitrogens with zero attached hydrogens (tertiary/aromatic N) is 1. The molecule has 2 aromatic rings. The summed E-state index contributed by atoms with van der Waals surface area (Å²) in [6, 6.07) is 7.91. The predicted octanol–water partition coefficient (Wildman–Crippen LogP) is 2.44. The summed E-state index contributed by atoms with van der Waals surface area (Å²) >= 11 is 1.71. The highest BCUT2D eigenvalue weighted by atomic mass is 32.1. The maximum absolute atomic E-state index is 11.6. The SMILES string of the molecule is O=C(NCCCc1nc2ccccc2s1)NCC1(O)CCC1. The average Bonchev–Trinajstić information content (AvgIpc) is 2.90. The fourth-order valence-electron chi connectivity index (χ4n) is 2.54. The van der Waals surface area contributed by atoms with Gasteiger partial charge in [-0.3, -0.25) is 0 Å². The molecule has 1 aliphatic carbocycles. The highest BCUT2D eigenvalue weighted by molar-refractivity contribution is 7.18. The molecule has 2 amide bonds. The maximum Gasteiger partial charge on any atom is 0.314 e. The van der Waals surface area contributed by atoms with Crippen molar-refractivity contribution < 1.29 is 9.90 Å². The Morgan fingerprint density at radius 1 is 1.32 bits per heavy atom. The topological polar surface area (TPSA) is 74.2 Å². The Morgan fingerprint density at radius 2 is 2.14 bits per heavy atom. The first-order valence-electron chi connectivity index (χ1n) is 7.73. The van der Waals surface area contributed by atoms with E-state index in [0.717, 1.165) is 42.6 Å². The largest absolute Gasteiger partial charge is 0.388 e. The van der Waals surface area contributed by atoms with Crippen molar-refractivity contribution in [2.24, 2.45) is 0 Å². The van der Waals surface area contributed by atoms with Gasteiger partial charge in [0, 0.05) is 19.5 Å². The fourth-order valence-corrected chi connectivity index (χ4v) is 3.55. The molecule has 1 aromatic heterocycles. The van der Waals surface area contributed by atoms with E-state index in [2.05, 4.69) is 21.7 Å². The lowest BCUT2D eigenvalue weighted by Gasteiger charge is -2.36.